The van der Waals surface area contributed by atoms with Gasteiger partial charge in [-0.2, -0.15) is 0 Å². The van der Waals surface area contributed by atoms with E-state index in [2.05, 4.69) is 25.6 Å². The first kappa shape index (κ1) is 15.5. The molecule has 100 valence electrons. The van der Waals surface area contributed by atoms with Gasteiger partial charge in [0.05, 0.1) is 11.0 Å². The maximum atomic E-state index is 12.1. The van der Waals surface area contributed by atoms with Crippen LogP contribution in [0.2, 0.25) is 0 Å². The molecule has 0 radical (unpaired) electrons. The van der Waals surface area contributed by atoms with Gasteiger partial charge in [-0.15, -0.1) is 0 Å². The molecule has 3 N–H and O–H groups in total. The third-order valence-electron chi connectivity index (χ3n) is 2.21. The molecule has 0 aromatic carbocycles. The number of sulfonamides is 1. The minimum absolute atomic E-state index is 0.0780. The summed E-state index contributed by atoms with van der Waals surface area (Å²) in [7, 11) is -3.66. The van der Waals surface area contributed by atoms with E-state index in [-0.39, 0.29) is 9.88 Å². The molecule has 0 saturated carbocycles. The Balaban J connectivity index is 2.97. The Hall–Kier alpha value is -0.570. The van der Waals surface area contributed by atoms with Gasteiger partial charge in [0, 0.05) is 16.9 Å². The number of hydrogen-bond acceptors (Lipinski definition) is 4. The lowest BCUT2D eigenvalue weighted by atomic mass is 10.2. The molecule has 0 saturated heterocycles. The minimum atomic E-state index is -3.66. The molecular formula is C10H14BrN3O2S2. The smallest absolute Gasteiger partial charge is 0.242 e. The third kappa shape index (κ3) is 4.27. The number of thiocarbonyl (C=S) groups is 1. The fraction of sp³-hybridized carbons (Fsp3) is 0.400. The van der Waals surface area contributed by atoms with Crippen molar-refractivity contribution in [2.75, 3.05) is 0 Å². The van der Waals surface area contributed by atoms with Gasteiger partial charge < -0.3 is 5.73 Å². The van der Waals surface area contributed by atoms with Crippen molar-refractivity contribution in [1.29, 1.82) is 0 Å². The number of halogens is 1. The minimum Gasteiger partial charge on any atom is -0.392 e. The summed E-state index contributed by atoms with van der Waals surface area (Å²) < 4.78 is 27.2. The molecule has 1 unspecified atom stereocenters. The molecule has 18 heavy (non-hydrogen) atoms. The summed E-state index contributed by atoms with van der Waals surface area (Å²) in [6, 6.07) is 0.937. The van der Waals surface area contributed by atoms with E-state index < -0.39 is 16.1 Å². The van der Waals surface area contributed by atoms with Crippen LogP contribution in [0.15, 0.2) is 27.8 Å². The van der Waals surface area contributed by atoms with Gasteiger partial charge in [-0.25, -0.2) is 13.1 Å². The quantitative estimate of drug-likeness (QED) is 0.760. The van der Waals surface area contributed by atoms with Crippen molar-refractivity contribution >= 4 is 43.2 Å². The van der Waals surface area contributed by atoms with Gasteiger partial charge in [0.25, 0.3) is 0 Å². The van der Waals surface area contributed by atoms with E-state index in [0.29, 0.717) is 10.9 Å². The normalized spacial score (nSPS) is 13.2. The highest BCUT2D eigenvalue weighted by Gasteiger charge is 2.21. The van der Waals surface area contributed by atoms with Crippen LogP contribution in [0, 0.1) is 0 Å². The van der Waals surface area contributed by atoms with E-state index in [9.17, 15) is 8.42 Å². The molecule has 0 amide bonds. The highest BCUT2D eigenvalue weighted by atomic mass is 79.9. The maximum Gasteiger partial charge on any atom is 0.242 e. The largest absolute Gasteiger partial charge is 0.392 e. The van der Waals surface area contributed by atoms with Crippen molar-refractivity contribution in [3.8, 4) is 0 Å². The number of nitrogens with two attached hydrogens (primary N) is 1. The second-order valence-electron chi connectivity index (χ2n) is 3.70. The number of hydrogen-bond donors (Lipinski definition) is 2. The summed E-state index contributed by atoms with van der Waals surface area (Å²) in [5, 5.41) is 0. The number of aromatic nitrogens is 1. The third-order valence-corrected chi connectivity index (χ3v) is 4.37. The average Bonchev–Trinajstić information content (AvgIpc) is 2.28. The van der Waals surface area contributed by atoms with Crippen molar-refractivity contribution < 1.29 is 8.42 Å². The van der Waals surface area contributed by atoms with Crippen LogP contribution < -0.4 is 10.5 Å². The van der Waals surface area contributed by atoms with Gasteiger partial charge >= 0.3 is 0 Å². The molecule has 5 nitrogen and oxygen atoms in total. The molecule has 1 aromatic rings. The molecule has 0 spiro atoms. The lowest BCUT2D eigenvalue weighted by Crippen LogP contribution is -2.43. The Morgan fingerprint density at radius 1 is 1.61 bits per heavy atom. The van der Waals surface area contributed by atoms with E-state index in [1.807, 2.05) is 6.92 Å². The van der Waals surface area contributed by atoms with E-state index in [1.165, 1.54) is 18.5 Å². The fourth-order valence-electron chi connectivity index (χ4n) is 1.34. The first-order valence-corrected chi connectivity index (χ1v) is 7.97. The molecule has 0 bridgehead atoms. The van der Waals surface area contributed by atoms with Crippen LogP contribution in [0.3, 0.4) is 0 Å². The maximum absolute atomic E-state index is 12.1. The molecule has 0 fully saturated rings. The zero-order valence-corrected chi connectivity index (χ0v) is 13.0. The number of rotatable bonds is 6. The summed E-state index contributed by atoms with van der Waals surface area (Å²) in [4.78, 5) is 4.04. The molecule has 8 heteroatoms. The van der Waals surface area contributed by atoms with E-state index in [0.717, 1.165) is 6.42 Å². The molecule has 1 atom stereocenters. The first-order valence-electron chi connectivity index (χ1n) is 5.29. The van der Waals surface area contributed by atoms with Crippen molar-refractivity contribution in [3.63, 3.8) is 0 Å². The van der Waals surface area contributed by atoms with E-state index >= 15 is 0 Å². The average molecular weight is 352 g/mol. The SMILES string of the molecule is CCCC(NS(=O)(=O)c1cncc(Br)c1)C(N)=S. The topological polar surface area (TPSA) is 85.1 Å². The van der Waals surface area contributed by atoms with Gasteiger partial charge in [0.2, 0.25) is 10.0 Å². The van der Waals surface area contributed by atoms with Gasteiger partial charge in [0.1, 0.15) is 4.90 Å². The first-order chi connectivity index (χ1) is 8.36. The molecule has 1 rings (SSSR count). The molecule has 1 heterocycles. The molecular weight excluding hydrogens is 338 g/mol. The van der Waals surface area contributed by atoms with Gasteiger partial charge in [-0.1, -0.05) is 25.6 Å². The summed E-state index contributed by atoms with van der Waals surface area (Å²) in [6.07, 6.45) is 4.13. The van der Waals surface area contributed by atoms with Crippen LogP contribution in [0.25, 0.3) is 0 Å². The van der Waals surface area contributed by atoms with Crippen LogP contribution in [0.5, 0.6) is 0 Å². The second-order valence-corrected chi connectivity index (χ2v) is 6.80. The van der Waals surface area contributed by atoms with Crippen LogP contribution in [0.1, 0.15) is 19.8 Å². The summed E-state index contributed by atoms with van der Waals surface area (Å²) >= 11 is 8.03. The van der Waals surface area contributed by atoms with Gasteiger partial charge in [-0.05, 0) is 28.4 Å². The van der Waals surface area contributed by atoms with Crippen LogP contribution >= 0.6 is 28.1 Å². The second kappa shape index (κ2) is 6.55. The number of nitrogens with zero attached hydrogens (tertiary/aromatic N) is 1. The van der Waals surface area contributed by atoms with Crippen LogP contribution in [-0.4, -0.2) is 24.4 Å². The zero-order chi connectivity index (χ0) is 13.8. The van der Waals surface area contributed by atoms with E-state index in [4.69, 9.17) is 18.0 Å². The van der Waals surface area contributed by atoms with Crippen LogP contribution in [0.4, 0.5) is 0 Å². The predicted octanol–water partition coefficient (Wildman–Crippen LogP) is 1.58. The van der Waals surface area contributed by atoms with Crippen molar-refractivity contribution in [2.45, 2.75) is 30.7 Å². The molecule has 0 aliphatic heterocycles. The molecule has 0 aliphatic carbocycles. The van der Waals surface area contributed by atoms with Crippen molar-refractivity contribution in [3.05, 3.63) is 22.9 Å². The Bertz CT molecular complexity index is 534. The Morgan fingerprint density at radius 2 is 2.28 bits per heavy atom. The number of nitrogens with one attached hydrogen (secondary N) is 1. The van der Waals surface area contributed by atoms with Gasteiger partial charge in [0.15, 0.2) is 0 Å². The Labute approximate surface area is 120 Å². The Morgan fingerprint density at radius 3 is 2.78 bits per heavy atom. The summed E-state index contributed by atoms with van der Waals surface area (Å²) in [6.45, 7) is 1.93. The van der Waals surface area contributed by atoms with Crippen molar-refractivity contribution in [1.82, 2.24) is 9.71 Å². The van der Waals surface area contributed by atoms with Crippen molar-refractivity contribution in [2.24, 2.45) is 5.73 Å². The van der Waals surface area contributed by atoms with Gasteiger partial charge in [-0.3, -0.25) is 4.98 Å². The van der Waals surface area contributed by atoms with Crippen LogP contribution in [-0.2, 0) is 10.0 Å². The lowest BCUT2D eigenvalue weighted by molar-refractivity contribution is 0.566. The summed E-state index contributed by atoms with van der Waals surface area (Å²) in [5.74, 6) is 0. The fourth-order valence-corrected chi connectivity index (χ4v) is 3.35. The number of pyridine rings is 1. The Kier molecular flexibility index (Phi) is 5.64. The predicted molar refractivity (Wildman–Crippen MR) is 77.7 cm³/mol. The lowest BCUT2D eigenvalue weighted by Gasteiger charge is -2.16. The standard InChI is InChI=1S/C10H14BrN3O2S2/c1-2-3-9(10(12)17)14-18(15,16)8-4-7(11)5-13-6-8/h4-6,9,14H,2-3H2,1H3,(H2,12,17). The highest BCUT2D eigenvalue weighted by molar-refractivity contribution is 9.10. The monoisotopic (exact) mass is 351 g/mol. The zero-order valence-electron chi connectivity index (χ0n) is 9.76. The molecule has 1 aromatic heterocycles. The summed E-state index contributed by atoms with van der Waals surface area (Å²) in [5.41, 5.74) is 5.52. The molecule has 0 aliphatic rings. The highest BCUT2D eigenvalue weighted by Crippen LogP contribution is 2.15. The van der Waals surface area contributed by atoms with E-state index in [1.54, 1.807) is 0 Å².